The van der Waals surface area contributed by atoms with Crippen LogP contribution >= 0.6 is 11.6 Å². The van der Waals surface area contributed by atoms with Crippen molar-refractivity contribution in [2.24, 2.45) is 7.05 Å². The van der Waals surface area contributed by atoms with Gasteiger partial charge in [0, 0.05) is 24.7 Å². The van der Waals surface area contributed by atoms with Crippen LogP contribution in [-0.4, -0.2) is 25.1 Å². The average Bonchev–Trinajstić information content (AvgIpc) is 2.96. The number of ether oxygens (including phenoxy) is 1. The molecule has 1 aromatic heterocycles. The van der Waals surface area contributed by atoms with Crippen LogP contribution in [0.3, 0.4) is 0 Å². The van der Waals surface area contributed by atoms with Gasteiger partial charge in [-0.3, -0.25) is 4.72 Å². The van der Waals surface area contributed by atoms with Crippen molar-refractivity contribution in [3.05, 3.63) is 71.1 Å². The summed E-state index contributed by atoms with van der Waals surface area (Å²) in [5.41, 5.74) is 2.38. The first kappa shape index (κ1) is 18.3. The summed E-state index contributed by atoms with van der Waals surface area (Å²) in [4.78, 5) is 3.86. The zero-order chi connectivity index (χ0) is 18.7. The zero-order valence-corrected chi connectivity index (χ0v) is 15.9. The Bertz CT molecular complexity index is 1020. The minimum absolute atomic E-state index is 0.0514. The molecule has 1 N–H and O–H groups in total. The van der Waals surface area contributed by atoms with Gasteiger partial charge in [-0.25, -0.2) is 4.98 Å². The van der Waals surface area contributed by atoms with Crippen LogP contribution in [0.25, 0.3) is 0 Å². The average molecular weight is 392 g/mol. The molecule has 0 aliphatic heterocycles. The fourth-order valence-corrected chi connectivity index (χ4v) is 4.06. The van der Waals surface area contributed by atoms with Crippen molar-refractivity contribution in [3.8, 4) is 5.75 Å². The zero-order valence-electron chi connectivity index (χ0n) is 14.3. The van der Waals surface area contributed by atoms with Gasteiger partial charge in [0.05, 0.1) is 13.4 Å². The largest absolute Gasteiger partial charge is 0.496 e. The van der Waals surface area contributed by atoms with Crippen LogP contribution in [0, 0.1) is 0 Å². The molecule has 0 aliphatic rings. The predicted octanol–water partition coefficient (Wildman–Crippen LogP) is 3.47. The SMILES string of the molecule is COc1ccc(NS(=O)(=O)c2ncn(C)c2Cl)cc1Cc1ccccc1. The highest BCUT2D eigenvalue weighted by Gasteiger charge is 2.22. The van der Waals surface area contributed by atoms with Gasteiger partial charge in [-0.1, -0.05) is 41.9 Å². The Morgan fingerprint density at radius 2 is 1.92 bits per heavy atom. The summed E-state index contributed by atoms with van der Waals surface area (Å²) in [7, 11) is -0.678. The van der Waals surface area contributed by atoms with Gasteiger partial charge in [0.15, 0.2) is 0 Å². The summed E-state index contributed by atoms with van der Waals surface area (Å²) in [6, 6.07) is 15.0. The number of imidazole rings is 1. The molecular formula is C18H18ClN3O3S. The highest BCUT2D eigenvalue weighted by atomic mass is 35.5. The monoisotopic (exact) mass is 391 g/mol. The Kier molecular flexibility index (Phi) is 5.20. The molecule has 26 heavy (non-hydrogen) atoms. The number of aryl methyl sites for hydroxylation is 1. The van der Waals surface area contributed by atoms with Crippen molar-refractivity contribution < 1.29 is 13.2 Å². The summed E-state index contributed by atoms with van der Waals surface area (Å²) in [5, 5.41) is -0.155. The predicted molar refractivity (Wildman–Crippen MR) is 101 cm³/mol. The lowest BCUT2D eigenvalue weighted by Gasteiger charge is -2.12. The number of rotatable bonds is 6. The van der Waals surface area contributed by atoms with Gasteiger partial charge in [-0.05, 0) is 23.8 Å². The van der Waals surface area contributed by atoms with Crippen molar-refractivity contribution >= 4 is 27.3 Å². The first-order valence-electron chi connectivity index (χ1n) is 7.81. The molecule has 1 heterocycles. The summed E-state index contributed by atoms with van der Waals surface area (Å²) in [6.07, 6.45) is 1.97. The Morgan fingerprint density at radius 3 is 2.54 bits per heavy atom. The second-order valence-corrected chi connectivity index (χ2v) is 7.70. The molecule has 0 fully saturated rings. The maximum absolute atomic E-state index is 12.6. The Morgan fingerprint density at radius 1 is 1.19 bits per heavy atom. The minimum Gasteiger partial charge on any atom is -0.496 e. The normalized spacial score (nSPS) is 11.3. The molecule has 3 rings (SSSR count). The third kappa shape index (κ3) is 3.84. The molecule has 0 saturated carbocycles. The van der Waals surface area contributed by atoms with Crippen LogP contribution in [-0.2, 0) is 23.5 Å². The fraction of sp³-hybridized carbons (Fsp3) is 0.167. The number of hydrogen-bond donors (Lipinski definition) is 1. The number of methoxy groups -OCH3 is 1. The van der Waals surface area contributed by atoms with Gasteiger partial charge in [0.25, 0.3) is 10.0 Å². The fourth-order valence-electron chi connectivity index (χ4n) is 2.57. The van der Waals surface area contributed by atoms with Crippen LogP contribution in [0.2, 0.25) is 5.15 Å². The maximum Gasteiger partial charge on any atom is 0.282 e. The van der Waals surface area contributed by atoms with E-state index in [0.717, 1.165) is 11.1 Å². The molecule has 3 aromatic rings. The molecule has 0 aliphatic carbocycles. The van der Waals surface area contributed by atoms with Crippen molar-refractivity contribution in [1.29, 1.82) is 0 Å². The first-order valence-corrected chi connectivity index (χ1v) is 9.67. The van der Waals surface area contributed by atoms with E-state index >= 15 is 0 Å². The highest BCUT2D eigenvalue weighted by molar-refractivity contribution is 7.92. The second-order valence-electron chi connectivity index (χ2n) is 5.75. The van der Waals surface area contributed by atoms with Gasteiger partial charge in [0.1, 0.15) is 10.9 Å². The maximum atomic E-state index is 12.6. The number of anilines is 1. The number of nitrogens with one attached hydrogen (secondary N) is 1. The van der Waals surface area contributed by atoms with Crippen LogP contribution in [0.15, 0.2) is 59.9 Å². The Hall–Kier alpha value is -2.51. The van der Waals surface area contributed by atoms with Crippen LogP contribution in [0.5, 0.6) is 5.75 Å². The van der Waals surface area contributed by atoms with E-state index in [9.17, 15) is 8.42 Å². The van der Waals surface area contributed by atoms with Crippen molar-refractivity contribution in [2.45, 2.75) is 11.4 Å². The van der Waals surface area contributed by atoms with Crippen molar-refractivity contribution in [2.75, 3.05) is 11.8 Å². The van der Waals surface area contributed by atoms with E-state index in [2.05, 4.69) is 9.71 Å². The minimum atomic E-state index is -3.89. The van der Waals surface area contributed by atoms with Crippen LogP contribution in [0.4, 0.5) is 5.69 Å². The molecule has 0 unspecified atom stereocenters. The molecule has 0 amide bonds. The smallest absolute Gasteiger partial charge is 0.282 e. The lowest BCUT2D eigenvalue weighted by atomic mass is 10.0. The molecule has 0 saturated heterocycles. The van der Waals surface area contributed by atoms with E-state index in [0.29, 0.717) is 17.9 Å². The Balaban J connectivity index is 1.91. The molecule has 2 aromatic carbocycles. The van der Waals surface area contributed by atoms with E-state index in [1.165, 1.54) is 10.9 Å². The van der Waals surface area contributed by atoms with Gasteiger partial charge in [0.2, 0.25) is 5.03 Å². The molecule has 6 nitrogen and oxygen atoms in total. The molecule has 0 atom stereocenters. The number of nitrogens with zero attached hydrogens (tertiary/aromatic N) is 2. The van der Waals surface area contributed by atoms with Gasteiger partial charge in [-0.2, -0.15) is 8.42 Å². The number of hydrogen-bond acceptors (Lipinski definition) is 4. The molecule has 0 bridgehead atoms. The van der Waals surface area contributed by atoms with Gasteiger partial charge in [-0.15, -0.1) is 0 Å². The quantitative estimate of drug-likeness (QED) is 0.698. The second kappa shape index (κ2) is 7.39. The Labute approximate surface area is 157 Å². The number of sulfonamides is 1. The van der Waals surface area contributed by atoms with Gasteiger partial charge >= 0.3 is 0 Å². The molecular weight excluding hydrogens is 374 g/mol. The summed E-state index contributed by atoms with van der Waals surface area (Å²) >= 11 is 6.01. The molecule has 0 spiro atoms. The first-order chi connectivity index (χ1) is 12.4. The third-order valence-corrected chi connectivity index (χ3v) is 5.73. The molecule has 0 radical (unpaired) electrons. The van der Waals surface area contributed by atoms with E-state index in [1.807, 2.05) is 30.3 Å². The van der Waals surface area contributed by atoms with Crippen LogP contribution < -0.4 is 9.46 Å². The lowest BCUT2D eigenvalue weighted by molar-refractivity contribution is 0.410. The third-order valence-electron chi connectivity index (χ3n) is 3.86. The topological polar surface area (TPSA) is 73.2 Å². The van der Waals surface area contributed by atoms with E-state index in [4.69, 9.17) is 16.3 Å². The van der Waals surface area contributed by atoms with Crippen molar-refractivity contribution in [1.82, 2.24) is 9.55 Å². The van der Waals surface area contributed by atoms with E-state index in [-0.39, 0.29) is 10.2 Å². The standard InChI is InChI=1S/C18H18ClN3O3S/c1-22-12-20-18(17(22)19)26(23,24)21-15-8-9-16(25-2)14(11-15)10-13-6-4-3-5-7-13/h3-9,11-12,21H,10H2,1-2H3. The molecule has 8 heteroatoms. The van der Waals surface area contributed by atoms with Crippen LogP contribution in [0.1, 0.15) is 11.1 Å². The number of aromatic nitrogens is 2. The van der Waals surface area contributed by atoms with Crippen molar-refractivity contribution in [3.63, 3.8) is 0 Å². The molecule has 136 valence electrons. The number of benzene rings is 2. The lowest BCUT2D eigenvalue weighted by Crippen LogP contribution is -2.14. The summed E-state index contributed by atoms with van der Waals surface area (Å²) < 4.78 is 34.5. The number of halogens is 1. The van der Waals surface area contributed by atoms with E-state index in [1.54, 1.807) is 32.4 Å². The summed E-state index contributed by atoms with van der Waals surface area (Å²) in [5.74, 6) is 0.688. The van der Waals surface area contributed by atoms with Gasteiger partial charge < -0.3 is 9.30 Å². The van der Waals surface area contributed by atoms with E-state index < -0.39 is 10.0 Å². The highest BCUT2D eigenvalue weighted by Crippen LogP contribution is 2.27. The summed E-state index contributed by atoms with van der Waals surface area (Å²) in [6.45, 7) is 0.